The predicted molar refractivity (Wildman–Crippen MR) is 34.0 cm³/mol. The predicted octanol–water partition coefficient (Wildman–Crippen LogP) is 0.209. The molecule has 9 heavy (non-hydrogen) atoms. The molecule has 0 saturated heterocycles. The number of hydrogen-bond acceptors (Lipinski definition) is 3. The van der Waals surface area contributed by atoms with Gasteiger partial charge in [0.25, 0.3) is 0 Å². The second kappa shape index (κ2) is 3.10. The van der Waals surface area contributed by atoms with Crippen molar-refractivity contribution in [2.24, 2.45) is 0 Å². The fourth-order valence-corrected chi connectivity index (χ4v) is 1.24. The Morgan fingerprint density at radius 1 is 1.89 bits per heavy atom. The normalized spacial score (nSPS) is 34.8. The maximum Gasteiger partial charge on any atom is 0.192 e. The van der Waals surface area contributed by atoms with Crippen LogP contribution in [-0.4, -0.2) is 23.4 Å². The van der Waals surface area contributed by atoms with Crippen molar-refractivity contribution in [1.82, 2.24) is 0 Å². The van der Waals surface area contributed by atoms with Crippen molar-refractivity contribution in [3.05, 3.63) is 12.2 Å². The highest BCUT2D eigenvalue weighted by Crippen LogP contribution is 2.04. The van der Waals surface area contributed by atoms with Gasteiger partial charge in [-0.1, -0.05) is 6.08 Å². The largest absolute Gasteiger partial charge is 0.351 e. The maximum atomic E-state index is 10.6. The monoisotopic (exact) mass is 148 g/mol. The van der Waals surface area contributed by atoms with E-state index in [1.807, 2.05) is 0 Å². The van der Waals surface area contributed by atoms with Crippen LogP contribution in [0, 0.1) is 0 Å². The quantitative estimate of drug-likeness (QED) is 0.499. The summed E-state index contributed by atoms with van der Waals surface area (Å²) in [6.07, 6.45) is 3.11. The number of methoxy groups -OCH3 is 1. The van der Waals surface area contributed by atoms with Gasteiger partial charge in [0.1, 0.15) is 0 Å². The SMILES string of the molecule is CO[C@H]1C=CCS(=O)O1. The first-order valence-corrected chi connectivity index (χ1v) is 3.82. The molecule has 3 nitrogen and oxygen atoms in total. The van der Waals surface area contributed by atoms with Crippen LogP contribution < -0.4 is 0 Å². The second-order valence-electron chi connectivity index (χ2n) is 1.60. The average molecular weight is 148 g/mol. The molecule has 1 aliphatic rings. The molecule has 0 aromatic rings. The Balaban J connectivity index is 2.49. The first-order valence-electron chi connectivity index (χ1n) is 2.58. The van der Waals surface area contributed by atoms with Gasteiger partial charge in [-0.3, -0.25) is 4.18 Å². The molecule has 4 heteroatoms. The molecule has 0 spiro atoms. The topological polar surface area (TPSA) is 35.5 Å². The minimum atomic E-state index is -1.18. The molecule has 0 saturated carbocycles. The van der Waals surface area contributed by atoms with Gasteiger partial charge in [-0.25, -0.2) is 4.21 Å². The fourth-order valence-electron chi connectivity index (χ4n) is 0.540. The van der Waals surface area contributed by atoms with Crippen molar-refractivity contribution in [2.45, 2.75) is 6.29 Å². The molecule has 52 valence electrons. The summed E-state index contributed by atoms with van der Waals surface area (Å²) in [5.41, 5.74) is 0. The molecule has 0 aliphatic carbocycles. The Hall–Kier alpha value is -0.190. The van der Waals surface area contributed by atoms with Crippen LogP contribution in [0.25, 0.3) is 0 Å². The Morgan fingerprint density at radius 3 is 3.11 bits per heavy atom. The van der Waals surface area contributed by atoms with Crippen LogP contribution in [0.5, 0.6) is 0 Å². The van der Waals surface area contributed by atoms with E-state index >= 15 is 0 Å². The highest BCUT2D eigenvalue weighted by Gasteiger charge is 2.11. The Labute approximate surface area is 56.3 Å². The number of hydrogen-bond donors (Lipinski definition) is 0. The molecule has 0 bridgehead atoms. The molecule has 0 amide bonds. The van der Waals surface area contributed by atoms with Crippen LogP contribution >= 0.6 is 0 Å². The van der Waals surface area contributed by atoms with Crippen molar-refractivity contribution in [3.8, 4) is 0 Å². The lowest BCUT2D eigenvalue weighted by molar-refractivity contribution is -0.00800. The Kier molecular flexibility index (Phi) is 2.38. The van der Waals surface area contributed by atoms with Gasteiger partial charge in [0.2, 0.25) is 0 Å². The smallest absolute Gasteiger partial charge is 0.192 e. The zero-order valence-corrected chi connectivity index (χ0v) is 5.89. The summed E-state index contributed by atoms with van der Waals surface area (Å²) in [4.78, 5) is 0. The van der Waals surface area contributed by atoms with Gasteiger partial charge in [-0.2, -0.15) is 0 Å². The molecule has 1 heterocycles. The van der Waals surface area contributed by atoms with Crippen molar-refractivity contribution < 1.29 is 13.1 Å². The van der Waals surface area contributed by atoms with Crippen LogP contribution in [-0.2, 0) is 20.0 Å². The summed E-state index contributed by atoms with van der Waals surface area (Å²) in [6, 6.07) is 0. The summed E-state index contributed by atoms with van der Waals surface area (Å²) in [6.45, 7) is 0. The average Bonchev–Trinajstić information content (AvgIpc) is 1.88. The highest BCUT2D eigenvalue weighted by molar-refractivity contribution is 7.80. The van der Waals surface area contributed by atoms with Crippen molar-refractivity contribution in [3.63, 3.8) is 0 Å². The van der Waals surface area contributed by atoms with Gasteiger partial charge in [0, 0.05) is 7.11 Å². The van der Waals surface area contributed by atoms with Crippen LogP contribution in [0.1, 0.15) is 0 Å². The van der Waals surface area contributed by atoms with Crippen molar-refractivity contribution in [1.29, 1.82) is 0 Å². The maximum absolute atomic E-state index is 10.6. The first-order chi connectivity index (χ1) is 4.33. The lowest BCUT2D eigenvalue weighted by atomic mass is 10.5. The standard InChI is InChI=1S/C5H8O3S/c1-7-5-3-2-4-9(6)8-5/h2-3,5H,4H2,1H3/t5-,9?/m1/s1. The molecule has 0 N–H and O–H groups in total. The lowest BCUT2D eigenvalue weighted by Gasteiger charge is -2.13. The minimum Gasteiger partial charge on any atom is -0.351 e. The van der Waals surface area contributed by atoms with Crippen molar-refractivity contribution >= 4 is 11.1 Å². The molecular weight excluding hydrogens is 140 g/mol. The van der Waals surface area contributed by atoms with Gasteiger partial charge in [-0.05, 0) is 6.08 Å². The van der Waals surface area contributed by atoms with E-state index in [2.05, 4.69) is 0 Å². The molecule has 0 radical (unpaired) electrons. The molecule has 1 aliphatic heterocycles. The third-order valence-electron chi connectivity index (χ3n) is 0.960. The van der Waals surface area contributed by atoms with Crippen LogP contribution in [0.4, 0.5) is 0 Å². The molecule has 0 fully saturated rings. The van der Waals surface area contributed by atoms with E-state index in [9.17, 15) is 4.21 Å². The minimum absolute atomic E-state index is 0.417. The number of ether oxygens (including phenoxy) is 1. The molecule has 0 aromatic heterocycles. The molecular formula is C5H8O3S. The molecule has 1 rings (SSSR count). The van der Waals surface area contributed by atoms with Gasteiger partial charge in [0.05, 0.1) is 5.75 Å². The fraction of sp³-hybridized carbons (Fsp3) is 0.600. The summed E-state index contributed by atoms with van der Waals surface area (Å²) < 4.78 is 20.1. The van der Waals surface area contributed by atoms with E-state index in [1.165, 1.54) is 7.11 Å². The van der Waals surface area contributed by atoms with E-state index in [4.69, 9.17) is 8.92 Å². The van der Waals surface area contributed by atoms with Gasteiger partial charge in [0.15, 0.2) is 17.4 Å². The first kappa shape index (κ1) is 6.92. The van der Waals surface area contributed by atoms with E-state index < -0.39 is 17.4 Å². The molecule has 1 unspecified atom stereocenters. The van der Waals surface area contributed by atoms with Gasteiger partial charge in [-0.15, -0.1) is 0 Å². The van der Waals surface area contributed by atoms with Gasteiger partial charge >= 0.3 is 0 Å². The molecule has 0 aromatic carbocycles. The second-order valence-corrected chi connectivity index (χ2v) is 2.73. The molecule has 2 atom stereocenters. The Bertz CT molecular complexity index is 143. The summed E-state index contributed by atoms with van der Waals surface area (Å²) in [7, 11) is 1.51. The number of rotatable bonds is 1. The van der Waals surface area contributed by atoms with Crippen LogP contribution in [0.15, 0.2) is 12.2 Å². The van der Waals surface area contributed by atoms with E-state index in [-0.39, 0.29) is 0 Å². The van der Waals surface area contributed by atoms with Gasteiger partial charge < -0.3 is 4.74 Å². The zero-order chi connectivity index (χ0) is 6.69. The van der Waals surface area contributed by atoms with Crippen LogP contribution in [0.3, 0.4) is 0 Å². The summed E-state index contributed by atoms with van der Waals surface area (Å²) in [5.74, 6) is 0.472. The van der Waals surface area contributed by atoms with Crippen LogP contribution in [0.2, 0.25) is 0 Å². The Morgan fingerprint density at radius 2 is 2.67 bits per heavy atom. The van der Waals surface area contributed by atoms with E-state index in [0.29, 0.717) is 5.75 Å². The summed E-state index contributed by atoms with van der Waals surface area (Å²) in [5, 5.41) is 0. The highest BCUT2D eigenvalue weighted by atomic mass is 32.2. The third kappa shape index (κ3) is 1.89. The van der Waals surface area contributed by atoms with E-state index in [0.717, 1.165) is 0 Å². The van der Waals surface area contributed by atoms with E-state index in [1.54, 1.807) is 12.2 Å². The summed E-state index contributed by atoms with van der Waals surface area (Å²) >= 11 is -1.18. The third-order valence-corrected chi connectivity index (χ3v) is 1.83. The zero-order valence-electron chi connectivity index (χ0n) is 5.07. The van der Waals surface area contributed by atoms with Crippen molar-refractivity contribution in [2.75, 3.05) is 12.9 Å². The lowest BCUT2D eigenvalue weighted by Crippen LogP contribution is -2.19.